The van der Waals surface area contributed by atoms with Crippen LogP contribution in [0.1, 0.15) is 24.0 Å². The average Bonchev–Trinajstić information content (AvgIpc) is 2.54. The summed E-state index contributed by atoms with van der Waals surface area (Å²) in [6.07, 6.45) is 0. The van der Waals surface area contributed by atoms with Gasteiger partial charge < -0.3 is 9.84 Å². The van der Waals surface area contributed by atoms with Crippen LogP contribution in [-0.4, -0.2) is 24.0 Å². The molecule has 0 spiro atoms. The van der Waals surface area contributed by atoms with Crippen LogP contribution in [0.3, 0.4) is 0 Å². The molecule has 1 N–H and O–H groups in total. The lowest BCUT2D eigenvalue weighted by molar-refractivity contribution is -0.169. The first-order valence-electron chi connectivity index (χ1n) is 7.34. The van der Waals surface area contributed by atoms with Gasteiger partial charge in [-0.3, -0.25) is 4.79 Å². The summed E-state index contributed by atoms with van der Waals surface area (Å²) in [6, 6.07) is 5.99. The quantitative estimate of drug-likeness (QED) is 0.799. The Morgan fingerprint density at radius 3 is 2.04 bits per heavy atom. The van der Waals surface area contributed by atoms with E-state index in [-0.39, 0.29) is 5.56 Å². The zero-order chi connectivity index (χ0) is 19.6. The molecule has 2 unspecified atom stereocenters. The molecule has 0 saturated heterocycles. The monoisotopic (exact) mass is 386 g/mol. The van der Waals surface area contributed by atoms with Gasteiger partial charge in [-0.25, -0.2) is 18.0 Å². The standard InChI is InChI=1S/C18H14ClF3O4/c1-9(23)15(10-3-5-11(19)6-4-10)18(25,17(24)26-2)16-13(21)7-12(20)8-14(16)22/h3-8,15,25H,1-2H3. The molecule has 138 valence electrons. The fourth-order valence-corrected chi connectivity index (χ4v) is 2.98. The number of rotatable bonds is 5. The lowest BCUT2D eigenvalue weighted by Crippen LogP contribution is -2.46. The van der Waals surface area contributed by atoms with Crippen molar-refractivity contribution < 1.29 is 32.6 Å². The van der Waals surface area contributed by atoms with Crippen LogP contribution in [0.25, 0.3) is 0 Å². The van der Waals surface area contributed by atoms with Gasteiger partial charge >= 0.3 is 5.97 Å². The van der Waals surface area contributed by atoms with E-state index in [2.05, 4.69) is 4.74 Å². The van der Waals surface area contributed by atoms with Crippen molar-refractivity contribution in [3.05, 3.63) is 70.0 Å². The van der Waals surface area contributed by atoms with Crippen molar-refractivity contribution in [1.29, 1.82) is 0 Å². The second-order valence-electron chi connectivity index (χ2n) is 5.60. The van der Waals surface area contributed by atoms with E-state index in [1.165, 1.54) is 24.3 Å². The van der Waals surface area contributed by atoms with Crippen molar-refractivity contribution >= 4 is 23.4 Å². The predicted octanol–water partition coefficient (Wildman–Crippen LogP) is 3.49. The van der Waals surface area contributed by atoms with Crippen molar-refractivity contribution in [2.24, 2.45) is 0 Å². The highest BCUT2D eigenvalue weighted by Gasteiger charge is 2.53. The molecule has 0 heterocycles. The van der Waals surface area contributed by atoms with Crippen LogP contribution in [0.4, 0.5) is 13.2 Å². The van der Waals surface area contributed by atoms with E-state index < -0.39 is 46.3 Å². The predicted molar refractivity (Wildman–Crippen MR) is 87.1 cm³/mol. The maximum absolute atomic E-state index is 14.3. The summed E-state index contributed by atoms with van der Waals surface area (Å²) >= 11 is 5.78. The lowest BCUT2D eigenvalue weighted by Gasteiger charge is -2.33. The van der Waals surface area contributed by atoms with E-state index in [1.807, 2.05) is 0 Å². The first-order chi connectivity index (χ1) is 12.1. The number of hydrogen-bond donors (Lipinski definition) is 1. The van der Waals surface area contributed by atoms with E-state index in [1.54, 1.807) is 0 Å². The van der Waals surface area contributed by atoms with E-state index in [9.17, 15) is 27.9 Å². The summed E-state index contributed by atoms with van der Waals surface area (Å²) in [5.41, 5.74) is -4.17. The molecule has 0 radical (unpaired) electrons. The second kappa shape index (κ2) is 7.47. The SMILES string of the molecule is COC(=O)C(O)(c1c(F)cc(F)cc1F)C(C(C)=O)c1ccc(Cl)cc1. The van der Waals surface area contributed by atoms with Crippen LogP contribution in [0.5, 0.6) is 0 Å². The topological polar surface area (TPSA) is 63.6 Å². The summed E-state index contributed by atoms with van der Waals surface area (Å²) < 4.78 is 46.4. The van der Waals surface area contributed by atoms with Gasteiger partial charge in [0.05, 0.1) is 18.6 Å². The number of esters is 1. The molecule has 0 bridgehead atoms. The normalized spacial score (nSPS) is 14.4. The van der Waals surface area contributed by atoms with Crippen LogP contribution in [0.15, 0.2) is 36.4 Å². The fraction of sp³-hybridized carbons (Fsp3) is 0.222. The van der Waals surface area contributed by atoms with Crippen LogP contribution in [0, 0.1) is 17.5 Å². The summed E-state index contributed by atoms with van der Waals surface area (Å²) in [7, 11) is 0.881. The van der Waals surface area contributed by atoms with Crippen molar-refractivity contribution in [2.75, 3.05) is 7.11 Å². The average molecular weight is 387 g/mol. The third-order valence-corrected chi connectivity index (χ3v) is 4.16. The van der Waals surface area contributed by atoms with Gasteiger partial charge in [-0.15, -0.1) is 0 Å². The molecule has 2 aromatic carbocycles. The number of halogens is 4. The maximum atomic E-state index is 14.3. The van der Waals surface area contributed by atoms with E-state index in [0.717, 1.165) is 14.0 Å². The van der Waals surface area contributed by atoms with Gasteiger partial charge in [0.1, 0.15) is 23.2 Å². The van der Waals surface area contributed by atoms with Crippen LogP contribution in [0.2, 0.25) is 5.02 Å². The van der Waals surface area contributed by atoms with Crippen molar-refractivity contribution in [3.8, 4) is 0 Å². The molecular formula is C18H14ClF3O4. The molecule has 2 rings (SSSR count). The Bertz CT molecular complexity index is 831. The molecule has 0 saturated carbocycles. The summed E-state index contributed by atoms with van der Waals surface area (Å²) in [6.45, 7) is 1.03. The van der Waals surface area contributed by atoms with Gasteiger partial charge in [-0.2, -0.15) is 0 Å². The molecule has 0 amide bonds. The Balaban J connectivity index is 2.82. The third-order valence-electron chi connectivity index (χ3n) is 3.91. The molecule has 0 aliphatic heterocycles. The number of Topliss-reactive ketones (excluding diaryl/α,β-unsaturated/α-hetero) is 1. The number of hydrogen-bond acceptors (Lipinski definition) is 4. The molecular weight excluding hydrogens is 373 g/mol. The van der Waals surface area contributed by atoms with Crippen LogP contribution < -0.4 is 0 Å². The van der Waals surface area contributed by atoms with Gasteiger partial charge in [0.2, 0.25) is 5.60 Å². The number of aliphatic hydroxyl groups is 1. The highest BCUT2D eigenvalue weighted by Crippen LogP contribution is 2.41. The molecule has 4 nitrogen and oxygen atoms in total. The third kappa shape index (κ3) is 3.45. The second-order valence-corrected chi connectivity index (χ2v) is 6.03. The smallest absolute Gasteiger partial charge is 0.343 e. The Morgan fingerprint density at radius 2 is 1.62 bits per heavy atom. The minimum absolute atomic E-state index is 0.0675. The number of ketones is 1. The van der Waals surface area contributed by atoms with Gasteiger partial charge in [-0.05, 0) is 24.6 Å². The Kier molecular flexibility index (Phi) is 5.73. The molecule has 8 heteroatoms. The maximum Gasteiger partial charge on any atom is 0.343 e. The summed E-state index contributed by atoms with van der Waals surface area (Å²) in [4.78, 5) is 24.6. The number of benzene rings is 2. The van der Waals surface area contributed by atoms with Crippen molar-refractivity contribution in [1.82, 2.24) is 0 Å². The number of carbonyl (C=O) groups excluding carboxylic acids is 2. The Morgan fingerprint density at radius 1 is 1.12 bits per heavy atom. The molecule has 0 aliphatic carbocycles. The molecule has 2 aromatic rings. The van der Waals surface area contributed by atoms with Gasteiger partial charge in [-0.1, -0.05) is 23.7 Å². The first kappa shape index (κ1) is 19.9. The first-order valence-corrected chi connectivity index (χ1v) is 7.72. The van der Waals surface area contributed by atoms with Crippen molar-refractivity contribution in [3.63, 3.8) is 0 Å². The molecule has 26 heavy (non-hydrogen) atoms. The molecule has 0 fully saturated rings. The van der Waals surface area contributed by atoms with Crippen LogP contribution in [-0.2, 0) is 19.9 Å². The van der Waals surface area contributed by atoms with E-state index in [4.69, 9.17) is 11.6 Å². The van der Waals surface area contributed by atoms with E-state index in [0.29, 0.717) is 17.2 Å². The lowest BCUT2D eigenvalue weighted by atomic mass is 9.74. The minimum atomic E-state index is -3.06. The zero-order valence-electron chi connectivity index (χ0n) is 13.7. The van der Waals surface area contributed by atoms with Crippen LogP contribution >= 0.6 is 11.6 Å². The zero-order valence-corrected chi connectivity index (χ0v) is 14.5. The Hall–Kier alpha value is -2.38. The number of methoxy groups -OCH3 is 1. The highest BCUT2D eigenvalue weighted by molar-refractivity contribution is 6.30. The largest absolute Gasteiger partial charge is 0.467 e. The van der Waals surface area contributed by atoms with E-state index >= 15 is 0 Å². The molecule has 2 atom stereocenters. The fourth-order valence-electron chi connectivity index (χ4n) is 2.85. The number of carbonyl (C=O) groups is 2. The van der Waals surface area contributed by atoms with Gasteiger partial charge in [0.25, 0.3) is 0 Å². The summed E-state index contributed by atoms with van der Waals surface area (Å²) in [5, 5.41) is 11.3. The van der Waals surface area contributed by atoms with Gasteiger partial charge in [0, 0.05) is 17.2 Å². The number of ether oxygens (including phenoxy) is 1. The Labute approximate surface area is 152 Å². The summed E-state index contributed by atoms with van der Waals surface area (Å²) in [5.74, 6) is -8.28. The van der Waals surface area contributed by atoms with Gasteiger partial charge in [0.15, 0.2) is 0 Å². The van der Waals surface area contributed by atoms with Crippen molar-refractivity contribution in [2.45, 2.75) is 18.4 Å². The molecule has 0 aromatic heterocycles. The molecule has 0 aliphatic rings. The minimum Gasteiger partial charge on any atom is -0.467 e. The highest BCUT2D eigenvalue weighted by atomic mass is 35.5.